The molecule has 1 aromatic carbocycles. The summed E-state index contributed by atoms with van der Waals surface area (Å²) in [6.07, 6.45) is 15.9. The molecule has 4 fully saturated rings. The molecule has 0 aliphatic heterocycles. The molecule has 5 aliphatic carbocycles. The Kier molecular flexibility index (Phi) is 5.02. The zero-order chi connectivity index (χ0) is 22.0. The molecule has 0 aromatic heterocycles. The maximum atomic E-state index is 12.0. The maximum Gasteiger partial charge on any atom is 0.137 e. The molecule has 5 aliphatic rings. The monoisotopic (exact) mass is 429 g/mol. The van der Waals surface area contributed by atoms with Crippen molar-refractivity contribution in [1.82, 2.24) is 0 Å². The number of fused-ring (bicyclic) bond motifs is 6. The van der Waals surface area contributed by atoms with Gasteiger partial charge in [0.1, 0.15) is 6.29 Å². The van der Waals surface area contributed by atoms with E-state index >= 15 is 0 Å². The van der Waals surface area contributed by atoms with Crippen molar-refractivity contribution in [2.75, 3.05) is 0 Å². The van der Waals surface area contributed by atoms with Crippen LogP contribution in [0.2, 0.25) is 0 Å². The molecule has 2 nitrogen and oxygen atoms in total. The number of aldehydes is 1. The van der Waals surface area contributed by atoms with Gasteiger partial charge in [-0.1, -0.05) is 55.5 Å². The molecular weight excluding hydrogens is 390 g/mol. The Morgan fingerprint density at radius 1 is 1.19 bits per heavy atom. The van der Waals surface area contributed by atoms with E-state index in [1.165, 1.54) is 49.7 Å². The quantitative estimate of drug-likeness (QED) is 0.436. The highest BCUT2D eigenvalue weighted by atomic mass is 16.1. The van der Waals surface area contributed by atoms with Gasteiger partial charge in [-0.2, -0.15) is 0 Å². The van der Waals surface area contributed by atoms with Crippen LogP contribution in [0.4, 0.5) is 0 Å². The van der Waals surface area contributed by atoms with Gasteiger partial charge in [0.05, 0.1) is 6.04 Å². The predicted octanol–water partition coefficient (Wildman–Crippen LogP) is 6.37. The standard InChI is InChI=1S/C30H39NO/c1-18-13-24-19(2)7-10-27-29(26(24)14-18)30(27,28(31)17-32)12-11-20-15-22-9-8-21-5-3-4-6-23(21)25(22)16-20/h3-6,8-9,17-18,20,22,24-29H,2,7,10-16,31H2,1H3/t18-,20+,22-,24-,25-,26+,27+,28-,29+,30-/m1/s1. The molecule has 0 heterocycles. The molecule has 0 spiro atoms. The first-order chi connectivity index (χ1) is 15.5. The molecule has 0 amide bonds. The number of hydrogen-bond acceptors (Lipinski definition) is 2. The van der Waals surface area contributed by atoms with Gasteiger partial charge in [0.2, 0.25) is 0 Å². The van der Waals surface area contributed by atoms with Crippen molar-refractivity contribution in [3.8, 4) is 0 Å². The molecule has 6 rings (SSSR count). The third-order valence-electron chi connectivity index (χ3n) is 10.6. The molecule has 1 aromatic rings. The number of allylic oxidation sites excluding steroid dienone is 2. The van der Waals surface area contributed by atoms with Gasteiger partial charge in [-0.25, -0.2) is 0 Å². The minimum Gasteiger partial charge on any atom is -0.321 e. The molecule has 10 atom stereocenters. The smallest absolute Gasteiger partial charge is 0.137 e. The number of rotatable bonds is 5. The second kappa shape index (κ2) is 7.69. The SMILES string of the molecule is C=C1CC[C@H]2[C@H]([C@H]3C[C@H](C)C[C@H]13)[C@@]2(CC[C@H]1C[C@H]2C=Cc3ccccc3[C@@H]2C1)[C@H](N)C=O. The van der Waals surface area contributed by atoms with Gasteiger partial charge in [0.15, 0.2) is 0 Å². The fraction of sp³-hybridized carbons (Fsp3) is 0.633. The highest BCUT2D eigenvalue weighted by Crippen LogP contribution is 2.73. The van der Waals surface area contributed by atoms with Crippen molar-refractivity contribution in [3.05, 3.63) is 53.6 Å². The minimum atomic E-state index is -0.287. The van der Waals surface area contributed by atoms with E-state index in [0.29, 0.717) is 29.6 Å². The summed E-state index contributed by atoms with van der Waals surface area (Å²) in [7, 11) is 0. The van der Waals surface area contributed by atoms with Crippen LogP contribution in [0.5, 0.6) is 0 Å². The van der Waals surface area contributed by atoms with Gasteiger partial charge in [0.25, 0.3) is 0 Å². The highest BCUT2D eigenvalue weighted by Gasteiger charge is 2.70. The Bertz CT molecular complexity index is 948. The van der Waals surface area contributed by atoms with Crippen LogP contribution in [0.25, 0.3) is 6.08 Å². The van der Waals surface area contributed by atoms with Crippen molar-refractivity contribution >= 4 is 12.4 Å². The van der Waals surface area contributed by atoms with Crippen molar-refractivity contribution in [1.29, 1.82) is 0 Å². The number of benzene rings is 1. The van der Waals surface area contributed by atoms with Crippen LogP contribution in [-0.2, 0) is 4.79 Å². The third kappa shape index (κ3) is 3.05. The van der Waals surface area contributed by atoms with E-state index in [0.717, 1.165) is 36.9 Å². The van der Waals surface area contributed by atoms with Gasteiger partial charge < -0.3 is 10.5 Å². The van der Waals surface area contributed by atoms with Gasteiger partial charge >= 0.3 is 0 Å². The lowest BCUT2D eigenvalue weighted by atomic mass is 9.77. The van der Waals surface area contributed by atoms with Gasteiger partial charge in [-0.05, 0) is 115 Å². The Balaban J connectivity index is 1.20. The second-order valence-corrected chi connectivity index (χ2v) is 12.1. The average molecular weight is 430 g/mol. The summed E-state index contributed by atoms with van der Waals surface area (Å²) in [5.41, 5.74) is 11.2. The number of carbonyl (C=O) groups is 1. The van der Waals surface area contributed by atoms with Crippen molar-refractivity contribution < 1.29 is 4.79 Å². The normalized spacial score (nSPS) is 44.8. The molecular formula is C30H39NO. The van der Waals surface area contributed by atoms with E-state index in [4.69, 9.17) is 5.73 Å². The summed E-state index contributed by atoms with van der Waals surface area (Å²) in [5, 5.41) is 0. The van der Waals surface area contributed by atoms with Crippen LogP contribution in [0.3, 0.4) is 0 Å². The fourth-order valence-corrected chi connectivity index (χ4v) is 9.23. The van der Waals surface area contributed by atoms with Crippen LogP contribution in [0.15, 0.2) is 42.5 Å². The first-order valence-corrected chi connectivity index (χ1v) is 13.2. The van der Waals surface area contributed by atoms with Crippen molar-refractivity contribution in [3.63, 3.8) is 0 Å². The first kappa shape index (κ1) is 20.9. The zero-order valence-electron chi connectivity index (χ0n) is 19.6. The first-order valence-electron chi connectivity index (χ1n) is 13.2. The van der Waals surface area contributed by atoms with Crippen LogP contribution >= 0.6 is 0 Å². The number of carbonyl (C=O) groups excluding carboxylic acids is 1. The van der Waals surface area contributed by atoms with Gasteiger partial charge in [-0.15, -0.1) is 0 Å². The van der Waals surface area contributed by atoms with Crippen LogP contribution in [0.1, 0.15) is 75.3 Å². The fourth-order valence-electron chi connectivity index (χ4n) is 9.23. The van der Waals surface area contributed by atoms with Crippen molar-refractivity contribution in [2.24, 2.45) is 52.6 Å². The Hall–Kier alpha value is -1.67. The highest BCUT2D eigenvalue weighted by molar-refractivity contribution is 5.61. The van der Waals surface area contributed by atoms with Crippen LogP contribution in [-0.4, -0.2) is 12.3 Å². The van der Waals surface area contributed by atoms with E-state index in [2.05, 4.69) is 49.9 Å². The lowest BCUT2D eigenvalue weighted by Gasteiger charge is -2.29. The lowest BCUT2D eigenvalue weighted by molar-refractivity contribution is -0.110. The maximum absolute atomic E-state index is 12.0. The van der Waals surface area contributed by atoms with E-state index < -0.39 is 0 Å². The lowest BCUT2D eigenvalue weighted by Crippen LogP contribution is -2.37. The molecule has 0 saturated heterocycles. The number of nitrogens with two attached hydrogens (primary N) is 1. The molecule has 0 unspecified atom stereocenters. The summed E-state index contributed by atoms with van der Waals surface area (Å²) in [5.74, 6) is 5.62. The molecule has 0 radical (unpaired) electrons. The second-order valence-electron chi connectivity index (χ2n) is 12.1. The summed E-state index contributed by atoms with van der Waals surface area (Å²) in [6, 6.07) is 8.67. The molecule has 2 N–H and O–H groups in total. The molecule has 4 saturated carbocycles. The summed E-state index contributed by atoms with van der Waals surface area (Å²) >= 11 is 0. The predicted molar refractivity (Wildman–Crippen MR) is 131 cm³/mol. The van der Waals surface area contributed by atoms with Crippen LogP contribution < -0.4 is 5.73 Å². The Morgan fingerprint density at radius 3 is 2.88 bits per heavy atom. The van der Waals surface area contributed by atoms with Crippen molar-refractivity contribution in [2.45, 2.75) is 70.3 Å². The third-order valence-corrected chi connectivity index (χ3v) is 10.6. The topological polar surface area (TPSA) is 43.1 Å². The molecule has 2 heteroatoms. The molecule has 0 bridgehead atoms. The van der Waals surface area contributed by atoms with Gasteiger partial charge in [-0.3, -0.25) is 0 Å². The van der Waals surface area contributed by atoms with E-state index in [1.54, 1.807) is 5.56 Å². The van der Waals surface area contributed by atoms with E-state index in [1.807, 2.05) is 0 Å². The van der Waals surface area contributed by atoms with Crippen LogP contribution in [0, 0.1) is 46.8 Å². The van der Waals surface area contributed by atoms with Gasteiger partial charge in [0, 0.05) is 0 Å². The molecule has 170 valence electrons. The average Bonchev–Trinajstić information content (AvgIpc) is 3.07. The minimum absolute atomic E-state index is 0.0664. The zero-order valence-corrected chi connectivity index (χ0v) is 19.6. The number of hydrogen-bond donors (Lipinski definition) is 1. The summed E-state index contributed by atoms with van der Waals surface area (Å²) in [6.45, 7) is 6.89. The summed E-state index contributed by atoms with van der Waals surface area (Å²) in [4.78, 5) is 12.0. The largest absolute Gasteiger partial charge is 0.321 e. The Morgan fingerprint density at radius 2 is 2.03 bits per heavy atom. The molecule has 32 heavy (non-hydrogen) atoms. The summed E-state index contributed by atoms with van der Waals surface area (Å²) < 4.78 is 0. The van der Waals surface area contributed by atoms with E-state index in [-0.39, 0.29) is 11.5 Å². The van der Waals surface area contributed by atoms with E-state index in [9.17, 15) is 4.79 Å². The Labute approximate surface area is 193 Å².